The Kier molecular flexibility index (Phi) is 2.85. The Morgan fingerprint density at radius 1 is 1.18 bits per heavy atom. The van der Waals surface area contributed by atoms with Gasteiger partial charge in [0.05, 0.1) is 0 Å². The van der Waals surface area contributed by atoms with Crippen molar-refractivity contribution in [2.45, 2.75) is 37.8 Å². The summed E-state index contributed by atoms with van der Waals surface area (Å²) in [4.78, 5) is 11.1. The summed E-state index contributed by atoms with van der Waals surface area (Å²) in [6, 6.07) is 9.58. The summed E-state index contributed by atoms with van der Waals surface area (Å²) >= 11 is 0. The van der Waals surface area contributed by atoms with E-state index in [1.54, 1.807) is 0 Å². The van der Waals surface area contributed by atoms with Crippen LogP contribution < -0.4 is 10.6 Å². The van der Waals surface area contributed by atoms with E-state index in [2.05, 4.69) is 34.9 Å². The maximum atomic E-state index is 11.1. The Morgan fingerprint density at radius 2 is 2.06 bits per heavy atom. The van der Waals surface area contributed by atoms with E-state index in [0.717, 1.165) is 13.0 Å². The van der Waals surface area contributed by atoms with Gasteiger partial charge in [-0.25, -0.2) is 0 Å². The quantitative estimate of drug-likeness (QED) is 0.809. The molecule has 3 nitrogen and oxygen atoms in total. The maximum Gasteiger partial charge on any atom is 0.220 e. The molecule has 1 aromatic rings. The number of aryl methyl sites for hydroxylation is 1. The van der Waals surface area contributed by atoms with Crippen LogP contribution in [-0.4, -0.2) is 18.5 Å². The minimum absolute atomic E-state index is 0.190. The first kappa shape index (κ1) is 10.8. The Bertz CT molecular complexity index is 420. The van der Waals surface area contributed by atoms with Crippen LogP contribution in [0.15, 0.2) is 24.3 Å². The summed E-state index contributed by atoms with van der Waals surface area (Å²) in [5.41, 5.74) is 2.93. The molecule has 3 rings (SSSR count). The van der Waals surface area contributed by atoms with Crippen LogP contribution in [0.5, 0.6) is 0 Å². The van der Waals surface area contributed by atoms with Gasteiger partial charge >= 0.3 is 0 Å². The molecule has 2 N–H and O–H groups in total. The molecule has 1 aromatic carbocycles. The molecule has 2 unspecified atom stereocenters. The molecule has 0 bridgehead atoms. The second-order valence-corrected chi connectivity index (χ2v) is 5.00. The lowest BCUT2D eigenvalue weighted by Gasteiger charge is -2.27. The van der Waals surface area contributed by atoms with Crippen molar-refractivity contribution < 1.29 is 4.79 Å². The molecule has 1 saturated heterocycles. The van der Waals surface area contributed by atoms with Gasteiger partial charge in [-0.3, -0.25) is 4.79 Å². The van der Waals surface area contributed by atoms with Crippen LogP contribution in [-0.2, 0) is 11.2 Å². The highest BCUT2D eigenvalue weighted by molar-refractivity contribution is 5.76. The van der Waals surface area contributed by atoms with Gasteiger partial charge in [0, 0.05) is 25.0 Å². The molecule has 3 heteroatoms. The SMILES string of the molecule is O=C1CCC(NC2CCc3ccccc32)CN1. The second-order valence-electron chi connectivity index (χ2n) is 5.00. The standard InChI is InChI=1S/C14H18N2O/c17-14-8-6-11(9-15-14)16-13-7-5-10-3-1-2-4-12(10)13/h1-4,11,13,16H,5-9H2,(H,15,17). The first-order valence-electron chi connectivity index (χ1n) is 6.43. The maximum absolute atomic E-state index is 11.1. The van der Waals surface area contributed by atoms with Gasteiger partial charge in [0.25, 0.3) is 0 Å². The van der Waals surface area contributed by atoms with E-state index < -0.39 is 0 Å². The van der Waals surface area contributed by atoms with Crippen LogP contribution in [0.3, 0.4) is 0 Å². The van der Waals surface area contributed by atoms with Crippen molar-refractivity contribution in [2.24, 2.45) is 0 Å². The number of hydrogen-bond acceptors (Lipinski definition) is 2. The number of piperidine rings is 1. The molecule has 1 fully saturated rings. The van der Waals surface area contributed by atoms with E-state index in [4.69, 9.17) is 0 Å². The number of benzene rings is 1. The average molecular weight is 230 g/mol. The molecule has 2 atom stereocenters. The Balaban J connectivity index is 1.65. The summed E-state index contributed by atoms with van der Waals surface area (Å²) in [5.74, 6) is 0.190. The number of carbonyl (C=O) groups is 1. The first-order valence-corrected chi connectivity index (χ1v) is 6.43. The fraction of sp³-hybridized carbons (Fsp3) is 0.500. The smallest absolute Gasteiger partial charge is 0.220 e. The van der Waals surface area contributed by atoms with E-state index in [1.165, 1.54) is 24.0 Å². The molecule has 0 radical (unpaired) electrons. The molecule has 1 aliphatic carbocycles. The second kappa shape index (κ2) is 4.49. The monoisotopic (exact) mass is 230 g/mol. The highest BCUT2D eigenvalue weighted by atomic mass is 16.1. The van der Waals surface area contributed by atoms with Crippen LogP contribution in [0.25, 0.3) is 0 Å². The zero-order chi connectivity index (χ0) is 11.7. The third-order valence-electron chi connectivity index (χ3n) is 3.84. The number of rotatable bonds is 2. The van der Waals surface area contributed by atoms with Crippen LogP contribution in [0.1, 0.15) is 36.4 Å². The van der Waals surface area contributed by atoms with Gasteiger partial charge in [0.1, 0.15) is 0 Å². The molecule has 2 aliphatic rings. The molecule has 1 heterocycles. The average Bonchev–Trinajstić information content (AvgIpc) is 2.76. The Labute approximate surface area is 102 Å². The molecule has 0 spiro atoms. The number of nitrogens with one attached hydrogen (secondary N) is 2. The Hall–Kier alpha value is -1.35. The normalized spacial score (nSPS) is 27.6. The van der Waals surface area contributed by atoms with Gasteiger partial charge in [0.2, 0.25) is 5.91 Å². The lowest BCUT2D eigenvalue weighted by Crippen LogP contribution is -2.46. The number of amides is 1. The van der Waals surface area contributed by atoms with Crippen molar-refractivity contribution in [2.75, 3.05) is 6.54 Å². The van der Waals surface area contributed by atoms with Crippen LogP contribution in [0.2, 0.25) is 0 Å². The van der Waals surface area contributed by atoms with Gasteiger partial charge in [-0.1, -0.05) is 24.3 Å². The summed E-state index contributed by atoms with van der Waals surface area (Å²) in [5, 5.41) is 6.61. The van der Waals surface area contributed by atoms with Crippen LogP contribution >= 0.6 is 0 Å². The van der Waals surface area contributed by atoms with Crippen molar-refractivity contribution in [3.8, 4) is 0 Å². The predicted molar refractivity (Wildman–Crippen MR) is 66.7 cm³/mol. The lowest BCUT2D eigenvalue weighted by atomic mass is 10.0. The lowest BCUT2D eigenvalue weighted by molar-refractivity contribution is -0.122. The third kappa shape index (κ3) is 2.20. The van der Waals surface area contributed by atoms with E-state index in [1.807, 2.05) is 0 Å². The molecule has 1 aliphatic heterocycles. The van der Waals surface area contributed by atoms with E-state index >= 15 is 0 Å². The fourth-order valence-corrected chi connectivity index (χ4v) is 2.89. The van der Waals surface area contributed by atoms with E-state index in [0.29, 0.717) is 18.5 Å². The fourth-order valence-electron chi connectivity index (χ4n) is 2.89. The number of fused-ring (bicyclic) bond motifs is 1. The highest BCUT2D eigenvalue weighted by Crippen LogP contribution is 2.31. The van der Waals surface area contributed by atoms with Crippen molar-refractivity contribution in [1.82, 2.24) is 10.6 Å². The molecule has 90 valence electrons. The van der Waals surface area contributed by atoms with E-state index in [-0.39, 0.29) is 5.91 Å². The minimum Gasteiger partial charge on any atom is -0.355 e. The molecule has 0 saturated carbocycles. The Morgan fingerprint density at radius 3 is 2.88 bits per heavy atom. The largest absolute Gasteiger partial charge is 0.355 e. The summed E-state index contributed by atoms with van der Waals surface area (Å²) in [6.07, 6.45) is 3.98. The van der Waals surface area contributed by atoms with Crippen molar-refractivity contribution in [3.63, 3.8) is 0 Å². The number of hydrogen-bond donors (Lipinski definition) is 2. The molecular formula is C14H18N2O. The van der Waals surface area contributed by atoms with Gasteiger partial charge in [-0.2, -0.15) is 0 Å². The first-order chi connectivity index (χ1) is 8.33. The number of carbonyl (C=O) groups excluding carboxylic acids is 1. The van der Waals surface area contributed by atoms with Gasteiger partial charge in [0.15, 0.2) is 0 Å². The van der Waals surface area contributed by atoms with Crippen molar-refractivity contribution >= 4 is 5.91 Å². The van der Waals surface area contributed by atoms with Crippen LogP contribution in [0, 0.1) is 0 Å². The summed E-state index contributed by atoms with van der Waals surface area (Å²) in [6.45, 7) is 0.775. The van der Waals surface area contributed by atoms with Crippen molar-refractivity contribution in [1.29, 1.82) is 0 Å². The minimum atomic E-state index is 0.190. The molecule has 17 heavy (non-hydrogen) atoms. The molecular weight excluding hydrogens is 212 g/mol. The predicted octanol–water partition coefficient (Wildman–Crippen LogP) is 1.54. The van der Waals surface area contributed by atoms with E-state index in [9.17, 15) is 4.79 Å². The zero-order valence-electron chi connectivity index (χ0n) is 9.91. The van der Waals surface area contributed by atoms with Gasteiger partial charge in [-0.15, -0.1) is 0 Å². The summed E-state index contributed by atoms with van der Waals surface area (Å²) in [7, 11) is 0. The topological polar surface area (TPSA) is 41.1 Å². The summed E-state index contributed by atoms with van der Waals surface area (Å²) < 4.78 is 0. The van der Waals surface area contributed by atoms with Crippen molar-refractivity contribution in [3.05, 3.63) is 35.4 Å². The molecule has 0 aromatic heterocycles. The van der Waals surface area contributed by atoms with Crippen LogP contribution in [0.4, 0.5) is 0 Å². The zero-order valence-corrected chi connectivity index (χ0v) is 9.91. The molecule has 1 amide bonds. The third-order valence-corrected chi connectivity index (χ3v) is 3.84. The van der Waals surface area contributed by atoms with Gasteiger partial charge in [-0.05, 0) is 30.4 Å². The van der Waals surface area contributed by atoms with Gasteiger partial charge < -0.3 is 10.6 Å². The highest BCUT2D eigenvalue weighted by Gasteiger charge is 2.26.